The fourth-order valence-electron chi connectivity index (χ4n) is 3.24. The SMILES string of the molecule is CCC(=O)[C@H](CSC(C)(C)OC)NC(=O)[C@H](CSC(C)(C)OC)CC(=O)[C@@H]1CSC(C)(C)N1C. The van der Waals surface area contributed by atoms with Crippen molar-refractivity contribution in [1.82, 2.24) is 10.2 Å². The number of likely N-dealkylation sites (N-methyl/N-ethyl adjacent to an activating group) is 1. The van der Waals surface area contributed by atoms with Crippen molar-refractivity contribution in [2.75, 3.05) is 38.5 Å². The molecule has 198 valence electrons. The summed E-state index contributed by atoms with van der Waals surface area (Å²) in [5.74, 6) is 0.764. The van der Waals surface area contributed by atoms with Gasteiger partial charge < -0.3 is 14.8 Å². The Hall–Kier alpha value is -0.260. The monoisotopic (exact) mass is 536 g/mol. The smallest absolute Gasteiger partial charge is 0.225 e. The number of nitrogens with one attached hydrogen (secondary N) is 1. The fourth-order valence-corrected chi connectivity index (χ4v) is 6.49. The normalized spacial score (nSPS) is 20.7. The minimum absolute atomic E-state index is 0.0311. The molecule has 1 aliphatic rings. The highest BCUT2D eigenvalue weighted by molar-refractivity contribution is 8.01. The van der Waals surface area contributed by atoms with Crippen molar-refractivity contribution in [3.63, 3.8) is 0 Å². The van der Waals surface area contributed by atoms with Gasteiger partial charge in [-0.25, -0.2) is 0 Å². The number of hydrogen-bond donors (Lipinski definition) is 1. The van der Waals surface area contributed by atoms with Crippen LogP contribution in [0.5, 0.6) is 0 Å². The number of carbonyl (C=O) groups is 3. The van der Waals surface area contributed by atoms with E-state index in [0.717, 1.165) is 0 Å². The average molecular weight is 537 g/mol. The van der Waals surface area contributed by atoms with Crippen LogP contribution in [0.25, 0.3) is 0 Å². The summed E-state index contributed by atoms with van der Waals surface area (Å²) in [5, 5.41) is 2.95. The van der Waals surface area contributed by atoms with Gasteiger partial charge in [0.1, 0.15) is 9.87 Å². The van der Waals surface area contributed by atoms with Crippen LogP contribution in [-0.4, -0.2) is 87.7 Å². The zero-order valence-electron chi connectivity index (χ0n) is 22.5. The van der Waals surface area contributed by atoms with Gasteiger partial charge in [0.2, 0.25) is 5.91 Å². The van der Waals surface area contributed by atoms with Gasteiger partial charge in [-0.15, -0.1) is 35.3 Å². The second-order valence-electron chi connectivity index (χ2n) is 9.96. The van der Waals surface area contributed by atoms with Gasteiger partial charge in [-0.2, -0.15) is 0 Å². The van der Waals surface area contributed by atoms with E-state index in [-0.39, 0.29) is 34.8 Å². The highest BCUT2D eigenvalue weighted by atomic mass is 32.2. The molecule has 0 radical (unpaired) electrons. The lowest BCUT2D eigenvalue weighted by Gasteiger charge is -2.31. The molecule has 1 rings (SSSR count). The molecular formula is C24H44N2O5S3. The van der Waals surface area contributed by atoms with Gasteiger partial charge >= 0.3 is 0 Å². The van der Waals surface area contributed by atoms with Crippen molar-refractivity contribution in [3.8, 4) is 0 Å². The van der Waals surface area contributed by atoms with Crippen LogP contribution in [0.4, 0.5) is 0 Å². The van der Waals surface area contributed by atoms with E-state index in [9.17, 15) is 14.4 Å². The summed E-state index contributed by atoms with van der Waals surface area (Å²) >= 11 is 4.73. The zero-order chi connectivity index (χ0) is 26.3. The van der Waals surface area contributed by atoms with Gasteiger partial charge in [0.15, 0.2) is 11.6 Å². The van der Waals surface area contributed by atoms with E-state index in [2.05, 4.69) is 24.1 Å². The molecule has 0 aliphatic carbocycles. The van der Waals surface area contributed by atoms with Crippen molar-refractivity contribution in [1.29, 1.82) is 0 Å². The highest BCUT2D eigenvalue weighted by Gasteiger charge is 2.42. The van der Waals surface area contributed by atoms with Crippen LogP contribution in [-0.2, 0) is 23.9 Å². The van der Waals surface area contributed by atoms with E-state index in [1.807, 2.05) is 34.7 Å². The molecule has 0 bridgehead atoms. The molecule has 1 aliphatic heterocycles. The van der Waals surface area contributed by atoms with Crippen molar-refractivity contribution < 1.29 is 23.9 Å². The third kappa shape index (κ3) is 9.65. The number of methoxy groups -OCH3 is 2. The molecule has 0 saturated carbocycles. The molecule has 1 saturated heterocycles. The summed E-state index contributed by atoms with van der Waals surface area (Å²) in [7, 11) is 5.22. The lowest BCUT2D eigenvalue weighted by Crippen LogP contribution is -2.48. The van der Waals surface area contributed by atoms with Crippen LogP contribution in [0.1, 0.15) is 61.3 Å². The second-order valence-corrected chi connectivity index (χ2v) is 14.8. The average Bonchev–Trinajstić information content (AvgIpc) is 3.05. The Morgan fingerprint density at radius 3 is 2.06 bits per heavy atom. The number of hydrogen-bond acceptors (Lipinski definition) is 9. The Bertz CT molecular complexity index is 715. The van der Waals surface area contributed by atoms with Crippen LogP contribution in [0, 0.1) is 5.92 Å². The largest absolute Gasteiger partial charge is 0.368 e. The predicted molar refractivity (Wildman–Crippen MR) is 146 cm³/mol. The molecule has 0 unspecified atom stereocenters. The van der Waals surface area contributed by atoms with Crippen LogP contribution >= 0.6 is 35.3 Å². The molecular weight excluding hydrogens is 492 g/mol. The molecule has 1 fully saturated rings. The van der Waals surface area contributed by atoms with E-state index in [1.54, 1.807) is 32.9 Å². The number of Topliss-reactive ketones (excluding diaryl/α,β-unsaturated/α-hetero) is 2. The minimum atomic E-state index is -0.626. The summed E-state index contributed by atoms with van der Waals surface area (Å²) in [6.45, 7) is 13.7. The summed E-state index contributed by atoms with van der Waals surface area (Å²) in [4.78, 5) is 40.3. The predicted octanol–water partition coefficient (Wildman–Crippen LogP) is 4.04. The van der Waals surface area contributed by atoms with Gasteiger partial charge in [-0.3, -0.25) is 19.3 Å². The Balaban J connectivity index is 3.01. The standard InChI is InChI=1S/C24H44N2O5S3/c1-11-19(27)17(14-34-24(6,7)31-10)25-21(29)16(13-33-23(4,5)30-9)12-20(28)18-15-32-22(2,3)26(18)8/h16-18H,11-15H2,1-10H3,(H,25,29)/t16-,17-,18-/m0/s1. The Morgan fingerprint density at radius 1 is 1.09 bits per heavy atom. The molecule has 1 amide bonds. The molecule has 0 aromatic carbocycles. The molecule has 0 aromatic heterocycles. The number of nitrogens with zero attached hydrogens (tertiary/aromatic N) is 1. The van der Waals surface area contributed by atoms with Gasteiger partial charge in [0.05, 0.1) is 22.9 Å². The van der Waals surface area contributed by atoms with Crippen LogP contribution < -0.4 is 5.32 Å². The molecule has 1 N–H and O–H groups in total. The lowest BCUT2D eigenvalue weighted by molar-refractivity contribution is -0.132. The van der Waals surface area contributed by atoms with E-state index in [0.29, 0.717) is 23.7 Å². The molecule has 34 heavy (non-hydrogen) atoms. The maximum absolute atomic E-state index is 13.4. The van der Waals surface area contributed by atoms with Crippen molar-refractivity contribution >= 4 is 52.8 Å². The Labute approximate surface area is 219 Å². The van der Waals surface area contributed by atoms with Gasteiger partial charge in [-0.1, -0.05) is 6.92 Å². The minimum Gasteiger partial charge on any atom is -0.368 e. The molecule has 0 aromatic rings. The molecule has 1 heterocycles. The Morgan fingerprint density at radius 2 is 1.62 bits per heavy atom. The molecule has 3 atom stereocenters. The fraction of sp³-hybridized carbons (Fsp3) is 0.875. The maximum Gasteiger partial charge on any atom is 0.225 e. The van der Waals surface area contributed by atoms with Gasteiger partial charge in [0, 0.05) is 44.3 Å². The number of thioether (sulfide) groups is 3. The summed E-state index contributed by atoms with van der Waals surface area (Å²) in [5.41, 5.74) is 0. The number of carbonyl (C=O) groups excluding carboxylic acids is 3. The molecule has 10 heteroatoms. The van der Waals surface area contributed by atoms with Crippen LogP contribution in [0.2, 0.25) is 0 Å². The van der Waals surface area contributed by atoms with Crippen molar-refractivity contribution in [2.45, 2.75) is 88.1 Å². The van der Waals surface area contributed by atoms with E-state index in [4.69, 9.17) is 9.47 Å². The first-order valence-electron chi connectivity index (χ1n) is 11.7. The molecule has 7 nitrogen and oxygen atoms in total. The van der Waals surface area contributed by atoms with E-state index < -0.39 is 21.8 Å². The van der Waals surface area contributed by atoms with Gasteiger partial charge in [-0.05, 0) is 48.6 Å². The first kappa shape index (κ1) is 31.8. The van der Waals surface area contributed by atoms with E-state index in [1.165, 1.54) is 23.5 Å². The van der Waals surface area contributed by atoms with Crippen LogP contribution in [0.15, 0.2) is 0 Å². The first-order valence-corrected chi connectivity index (χ1v) is 14.7. The van der Waals surface area contributed by atoms with E-state index >= 15 is 0 Å². The summed E-state index contributed by atoms with van der Waals surface area (Å²) in [6, 6.07) is -0.847. The zero-order valence-corrected chi connectivity index (χ0v) is 24.9. The van der Waals surface area contributed by atoms with Crippen molar-refractivity contribution in [2.24, 2.45) is 5.92 Å². The molecule has 0 spiro atoms. The number of rotatable bonds is 15. The lowest BCUT2D eigenvalue weighted by atomic mass is 9.98. The third-order valence-electron chi connectivity index (χ3n) is 6.37. The number of ketones is 2. The Kier molecular flexibility index (Phi) is 12.5. The third-order valence-corrected chi connectivity index (χ3v) is 10.6. The highest BCUT2D eigenvalue weighted by Crippen LogP contribution is 2.38. The second kappa shape index (κ2) is 13.3. The topological polar surface area (TPSA) is 84.9 Å². The van der Waals surface area contributed by atoms with Crippen molar-refractivity contribution in [3.05, 3.63) is 0 Å². The first-order chi connectivity index (χ1) is 15.6. The summed E-state index contributed by atoms with van der Waals surface area (Å²) in [6.07, 6.45) is 0.459. The number of amides is 1. The van der Waals surface area contributed by atoms with Gasteiger partial charge in [0.25, 0.3) is 0 Å². The van der Waals surface area contributed by atoms with Crippen LogP contribution in [0.3, 0.4) is 0 Å². The quantitative estimate of drug-likeness (QED) is 0.312. The summed E-state index contributed by atoms with van der Waals surface area (Å²) < 4.78 is 11.0. The maximum atomic E-state index is 13.4. The number of ether oxygens (including phenoxy) is 2.